The second-order valence-electron chi connectivity index (χ2n) is 8.14. The van der Waals surface area contributed by atoms with Gasteiger partial charge in [0.05, 0.1) is 22.4 Å². The zero-order valence-corrected chi connectivity index (χ0v) is 16.5. The number of likely N-dealkylation sites (tertiary alicyclic amines) is 1. The fraction of sp³-hybridized carbons (Fsp3) is 0.429. The van der Waals surface area contributed by atoms with Crippen LogP contribution in [0.4, 0.5) is 0 Å². The van der Waals surface area contributed by atoms with Crippen LogP contribution in [0, 0.1) is 0 Å². The SMILES string of the molecule is O=C(c1nc2ccccc2[nH]1)N1CC(c2nccnc2C2(O)CCCN(O)CC2)C1. The van der Waals surface area contributed by atoms with E-state index in [0.29, 0.717) is 57.0 Å². The van der Waals surface area contributed by atoms with Crippen LogP contribution in [0.1, 0.15) is 47.2 Å². The summed E-state index contributed by atoms with van der Waals surface area (Å²) in [6.45, 7) is 1.92. The Bertz CT molecular complexity index is 1050. The van der Waals surface area contributed by atoms with Gasteiger partial charge >= 0.3 is 0 Å². The van der Waals surface area contributed by atoms with Crippen molar-refractivity contribution in [3.05, 3.63) is 53.9 Å². The van der Waals surface area contributed by atoms with E-state index in [-0.39, 0.29) is 11.8 Å². The molecule has 9 heteroatoms. The van der Waals surface area contributed by atoms with Crippen LogP contribution < -0.4 is 0 Å². The molecular formula is C21H24N6O3. The van der Waals surface area contributed by atoms with Crippen molar-refractivity contribution in [3.63, 3.8) is 0 Å². The molecule has 1 aromatic carbocycles. The second kappa shape index (κ2) is 7.42. The number of aromatic nitrogens is 4. The number of hydrogen-bond acceptors (Lipinski definition) is 7. The van der Waals surface area contributed by atoms with E-state index in [1.54, 1.807) is 17.3 Å². The molecule has 0 spiro atoms. The summed E-state index contributed by atoms with van der Waals surface area (Å²) in [6.07, 6.45) is 4.80. The van der Waals surface area contributed by atoms with Crippen molar-refractivity contribution in [1.82, 2.24) is 29.9 Å². The van der Waals surface area contributed by atoms with Gasteiger partial charge in [-0.15, -0.1) is 0 Å². The maximum Gasteiger partial charge on any atom is 0.289 e. The first-order valence-corrected chi connectivity index (χ1v) is 10.3. The van der Waals surface area contributed by atoms with Crippen LogP contribution in [-0.2, 0) is 5.60 Å². The molecular weight excluding hydrogens is 384 g/mol. The van der Waals surface area contributed by atoms with Gasteiger partial charge in [-0.05, 0) is 31.4 Å². The first-order valence-electron chi connectivity index (χ1n) is 10.3. The van der Waals surface area contributed by atoms with Crippen LogP contribution in [0.15, 0.2) is 36.7 Å². The van der Waals surface area contributed by atoms with Crippen LogP contribution in [0.2, 0.25) is 0 Å². The summed E-state index contributed by atoms with van der Waals surface area (Å²) in [5, 5.41) is 22.3. The standard InChI is InChI=1S/C21H24N6O3/c28-20(19-24-15-4-1-2-5-16(15)25-19)26-12-14(13-26)17-18(23-9-8-22-17)21(29)6-3-10-27(30)11-7-21/h1-2,4-5,8-9,14,29-30H,3,6-7,10-13H2,(H,24,25). The molecule has 1 amide bonds. The lowest BCUT2D eigenvalue weighted by Crippen LogP contribution is -2.50. The van der Waals surface area contributed by atoms with Gasteiger partial charge in [-0.2, -0.15) is 5.06 Å². The zero-order chi connectivity index (χ0) is 20.7. The van der Waals surface area contributed by atoms with E-state index in [4.69, 9.17) is 0 Å². The maximum atomic E-state index is 12.8. The summed E-state index contributed by atoms with van der Waals surface area (Å²) < 4.78 is 0. The average Bonchev–Trinajstić information content (AvgIpc) is 3.08. The molecule has 1 unspecified atom stereocenters. The van der Waals surface area contributed by atoms with Crippen molar-refractivity contribution in [2.45, 2.75) is 30.8 Å². The minimum absolute atomic E-state index is 0.0135. The molecule has 9 nitrogen and oxygen atoms in total. The number of imidazole rings is 1. The molecule has 156 valence electrons. The van der Waals surface area contributed by atoms with Gasteiger partial charge in [0.25, 0.3) is 5.91 Å². The summed E-state index contributed by atoms with van der Waals surface area (Å²) in [7, 11) is 0. The second-order valence-corrected chi connectivity index (χ2v) is 8.14. The Morgan fingerprint density at radius 2 is 1.93 bits per heavy atom. The molecule has 2 fully saturated rings. The third-order valence-electron chi connectivity index (χ3n) is 6.10. The van der Waals surface area contributed by atoms with Crippen molar-refractivity contribution in [2.24, 2.45) is 0 Å². The van der Waals surface area contributed by atoms with Gasteiger partial charge in [-0.3, -0.25) is 14.8 Å². The highest BCUT2D eigenvalue weighted by Crippen LogP contribution is 2.37. The highest BCUT2D eigenvalue weighted by Gasteiger charge is 2.41. The number of hydrogen-bond donors (Lipinski definition) is 3. The Balaban J connectivity index is 1.33. The Morgan fingerprint density at radius 1 is 1.13 bits per heavy atom. The van der Waals surface area contributed by atoms with Gasteiger partial charge < -0.3 is 20.2 Å². The topological polar surface area (TPSA) is 118 Å². The number of para-hydroxylation sites is 2. The number of benzene rings is 1. The smallest absolute Gasteiger partial charge is 0.289 e. The third kappa shape index (κ3) is 3.34. The van der Waals surface area contributed by atoms with E-state index >= 15 is 0 Å². The van der Waals surface area contributed by atoms with Crippen molar-refractivity contribution in [3.8, 4) is 0 Å². The molecule has 0 radical (unpaired) electrons. The molecule has 0 bridgehead atoms. The molecule has 2 aromatic heterocycles. The zero-order valence-electron chi connectivity index (χ0n) is 16.5. The van der Waals surface area contributed by atoms with Crippen LogP contribution in [0.5, 0.6) is 0 Å². The number of carbonyl (C=O) groups excluding carboxylic acids is 1. The van der Waals surface area contributed by atoms with E-state index in [9.17, 15) is 15.1 Å². The van der Waals surface area contributed by atoms with Gasteiger partial charge in [0.15, 0.2) is 5.82 Å². The summed E-state index contributed by atoms with van der Waals surface area (Å²) >= 11 is 0. The lowest BCUT2D eigenvalue weighted by Gasteiger charge is -2.40. The van der Waals surface area contributed by atoms with Crippen LogP contribution >= 0.6 is 0 Å². The van der Waals surface area contributed by atoms with Crippen molar-refractivity contribution in [1.29, 1.82) is 0 Å². The Labute approximate surface area is 173 Å². The number of nitrogens with zero attached hydrogens (tertiary/aromatic N) is 5. The summed E-state index contributed by atoms with van der Waals surface area (Å²) in [5.74, 6) is 0.205. The van der Waals surface area contributed by atoms with Crippen molar-refractivity contribution < 1.29 is 15.1 Å². The largest absolute Gasteiger partial charge is 0.383 e. The number of amides is 1. The first kappa shape index (κ1) is 19.1. The van der Waals surface area contributed by atoms with Crippen LogP contribution in [0.25, 0.3) is 11.0 Å². The molecule has 4 heterocycles. The minimum atomic E-state index is -1.12. The van der Waals surface area contributed by atoms with E-state index in [1.165, 1.54) is 5.06 Å². The normalized spacial score (nSPS) is 23.3. The van der Waals surface area contributed by atoms with Gasteiger partial charge in [-0.1, -0.05) is 12.1 Å². The molecule has 3 aromatic rings. The van der Waals surface area contributed by atoms with E-state index in [1.807, 2.05) is 24.3 Å². The Morgan fingerprint density at radius 3 is 2.77 bits per heavy atom. The number of nitrogens with one attached hydrogen (secondary N) is 1. The molecule has 0 aliphatic carbocycles. The number of carbonyl (C=O) groups is 1. The van der Waals surface area contributed by atoms with Gasteiger partial charge in [-0.25, -0.2) is 4.98 Å². The van der Waals surface area contributed by atoms with Gasteiger partial charge in [0.2, 0.25) is 0 Å². The van der Waals surface area contributed by atoms with E-state index < -0.39 is 5.60 Å². The number of H-pyrrole nitrogens is 1. The minimum Gasteiger partial charge on any atom is -0.383 e. The van der Waals surface area contributed by atoms with Gasteiger partial charge in [0, 0.05) is 44.5 Å². The molecule has 1 atom stereocenters. The molecule has 30 heavy (non-hydrogen) atoms. The fourth-order valence-electron chi connectivity index (χ4n) is 4.37. The molecule has 3 N–H and O–H groups in total. The first-order chi connectivity index (χ1) is 14.5. The number of fused-ring (bicyclic) bond motifs is 1. The lowest BCUT2D eigenvalue weighted by atomic mass is 9.84. The molecule has 5 rings (SSSR count). The molecule has 0 saturated carbocycles. The number of aliphatic hydroxyl groups is 1. The average molecular weight is 408 g/mol. The fourth-order valence-corrected chi connectivity index (χ4v) is 4.37. The predicted octanol–water partition coefficient (Wildman–Crippen LogP) is 1.66. The summed E-state index contributed by atoms with van der Waals surface area (Å²) in [6, 6.07) is 7.55. The number of hydroxylamine groups is 2. The molecule has 2 saturated heterocycles. The third-order valence-corrected chi connectivity index (χ3v) is 6.10. The quantitative estimate of drug-likeness (QED) is 0.603. The highest BCUT2D eigenvalue weighted by atomic mass is 16.5. The summed E-state index contributed by atoms with van der Waals surface area (Å²) in [5.41, 5.74) is 1.79. The van der Waals surface area contributed by atoms with Gasteiger partial charge in [0.1, 0.15) is 5.60 Å². The monoisotopic (exact) mass is 408 g/mol. The lowest BCUT2D eigenvalue weighted by molar-refractivity contribution is -0.0936. The molecule has 2 aliphatic heterocycles. The van der Waals surface area contributed by atoms with Crippen LogP contribution in [-0.4, -0.2) is 72.3 Å². The number of rotatable bonds is 3. The summed E-state index contributed by atoms with van der Waals surface area (Å²) in [4.78, 5) is 31.0. The highest BCUT2D eigenvalue weighted by molar-refractivity contribution is 5.94. The van der Waals surface area contributed by atoms with E-state index in [2.05, 4.69) is 19.9 Å². The van der Waals surface area contributed by atoms with Crippen molar-refractivity contribution in [2.75, 3.05) is 26.2 Å². The Hall–Kier alpha value is -2.88. The number of aromatic amines is 1. The maximum absolute atomic E-state index is 12.8. The van der Waals surface area contributed by atoms with Crippen molar-refractivity contribution >= 4 is 16.9 Å². The molecule has 2 aliphatic rings. The van der Waals surface area contributed by atoms with Crippen LogP contribution in [0.3, 0.4) is 0 Å². The predicted molar refractivity (Wildman–Crippen MR) is 108 cm³/mol. The Kier molecular flexibility index (Phi) is 4.73. The van der Waals surface area contributed by atoms with E-state index in [0.717, 1.165) is 16.7 Å².